The van der Waals surface area contributed by atoms with Crippen molar-refractivity contribution in [1.82, 2.24) is 15.1 Å². The van der Waals surface area contributed by atoms with Crippen molar-refractivity contribution >= 4 is 11.9 Å². The Kier molecular flexibility index (Phi) is 5.33. The molecule has 128 valence electrons. The normalized spacial score (nSPS) is 21.1. The maximum absolute atomic E-state index is 13.3. The first-order valence-corrected chi connectivity index (χ1v) is 7.67. The van der Waals surface area contributed by atoms with Gasteiger partial charge in [0.05, 0.1) is 17.7 Å². The third-order valence-corrected chi connectivity index (χ3v) is 3.99. The van der Waals surface area contributed by atoms with Crippen LogP contribution in [0.25, 0.3) is 0 Å². The van der Waals surface area contributed by atoms with Crippen LogP contribution in [0.1, 0.15) is 55.6 Å². The van der Waals surface area contributed by atoms with Crippen LogP contribution in [-0.4, -0.2) is 32.8 Å². The summed E-state index contributed by atoms with van der Waals surface area (Å²) in [5.74, 6) is -1.88. The molecule has 23 heavy (non-hydrogen) atoms. The van der Waals surface area contributed by atoms with Crippen molar-refractivity contribution in [2.24, 2.45) is 11.8 Å². The average Bonchev–Trinajstić information content (AvgIpc) is 3.04. The second-order valence-electron chi connectivity index (χ2n) is 6.34. The number of alkyl halides is 2. The van der Waals surface area contributed by atoms with Crippen molar-refractivity contribution in [1.29, 1.82) is 0 Å². The van der Waals surface area contributed by atoms with Gasteiger partial charge in [-0.15, -0.1) is 0 Å². The summed E-state index contributed by atoms with van der Waals surface area (Å²) >= 11 is 0. The van der Waals surface area contributed by atoms with Crippen LogP contribution in [0.5, 0.6) is 0 Å². The third-order valence-electron chi connectivity index (χ3n) is 3.99. The first-order valence-electron chi connectivity index (χ1n) is 7.67. The van der Waals surface area contributed by atoms with E-state index in [1.54, 1.807) is 0 Å². The van der Waals surface area contributed by atoms with Crippen LogP contribution >= 0.6 is 0 Å². The molecule has 1 heterocycles. The topological polar surface area (TPSA) is 84.2 Å². The highest BCUT2D eigenvalue weighted by atomic mass is 19.3. The van der Waals surface area contributed by atoms with E-state index in [-0.39, 0.29) is 23.2 Å². The lowest BCUT2D eigenvalue weighted by molar-refractivity contribution is -0.141. The smallest absolute Gasteiger partial charge is 0.306 e. The summed E-state index contributed by atoms with van der Waals surface area (Å²) in [4.78, 5) is 23.2. The zero-order valence-electron chi connectivity index (χ0n) is 13.1. The van der Waals surface area contributed by atoms with Gasteiger partial charge in [-0.05, 0) is 25.2 Å². The molecule has 8 heteroatoms. The Bertz CT molecular complexity index is 587. The summed E-state index contributed by atoms with van der Waals surface area (Å²) in [6, 6.07) is -0.303. The quantitative estimate of drug-likeness (QED) is 0.840. The van der Waals surface area contributed by atoms with Gasteiger partial charge in [-0.3, -0.25) is 14.3 Å². The van der Waals surface area contributed by atoms with Crippen LogP contribution < -0.4 is 5.32 Å². The average molecular weight is 329 g/mol. The number of rotatable bonds is 6. The molecule has 0 bridgehead atoms. The molecule has 1 saturated carbocycles. The fourth-order valence-corrected chi connectivity index (χ4v) is 2.89. The maximum Gasteiger partial charge on any atom is 0.306 e. The second kappa shape index (κ2) is 7.06. The molecule has 1 aliphatic rings. The van der Waals surface area contributed by atoms with Gasteiger partial charge in [-0.25, -0.2) is 8.78 Å². The van der Waals surface area contributed by atoms with Gasteiger partial charge >= 0.3 is 5.97 Å². The van der Waals surface area contributed by atoms with Gasteiger partial charge in [0.25, 0.3) is 12.3 Å². The molecule has 2 N–H and O–H groups in total. The number of halogens is 2. The molecule has 2 atom stereocenters. The van der Waals surface area contributed by atoms with Gasteiger partial charge in [-0.1, -0.05) is 13.8 Å². The zero-order chi connectivity index (χ0) is 17.1. The van der Waals surface area contributed by atoms with E-state index in [4.69, 9.17) is 5.11 Å². The van der Waals surface area contributed by atoms with Crippen LogP contribution in [0, 0.1) is 11.8 Å². The predicted octanol–water partition coefficient (Wildman–Crippen LogP) is 2.46. The van der Waals surface area contributed by atoms with Gasteiger partial charge in [0, 0.05) is 12.6 Å². The molecule has 0 saturated heterocycles. The SMILES string of the molecule is CC(C)Cn1ncc(C(=O)N[C@H]2CC[C@@H](C(=O)O)C2)c1C(F)F. The highest BCUT2D eigenvalue weighted by Gasteiger charge is 2.32. The van der Waals surface area contributed by atoms with Crippen molar-refractivity contribution < 1.29 is 23.5 Å². The van der Waals surface area contributed by atoms with Crippen LogP contribution in [0.4, 0.5) is 8.78 Å². The molecule has 0 unspecified atom stereocenters. The number of carbonyl (C=O) groups is 2. The highest BCUT2D eigenvalue weighted by Crippen LogP contribution is 2.27. The molecular formula is C15H21F2N3O3. The highest BCUT2D eigenvalue weighted by molar-refractivity contribution is 5.95. The Morgan fingerprint density at radius 1 is 1.43 bits per heavy atom. The summed E-state index contributed by atoms with van der Waals surface area (Å²) in [5.41, 5.74) is -0.525. The van der Waals surface area contributed by atoms with Crippen molar-refractivity contribution in [3.05, 3.63) is 17.5 Å². The Balaban J connectivity index is 2.10. The number of hydrogen-bond donors (Lipinski definition) is 2. The van der Waals surface area contributed by atoms with E-state index < -0.39 is 24.2 Å². The Morgan fingerprint density at radius 2 is 2.13 bits per heavy atom. The molecule has 6 nitrogen and oxygen atoms in total. The number of aromatic nitrogens is 2. The van der Waals surface area contributed by atoms with E-state index in [9.17, 15) is 18.4 Å². The number of aliphatic carboxylic acids is 1. The molecule has 1 amide bonds. The standard InChI is InChI=1S/C15H21F2N3O3/c1-8(2)7-20-12(13(16)17)11(6-18-20)14(21)19-10-4-3-9(5-10)15(22)23/h6,8-10,13H,3-5,7H2,1-2H3,(H,19,21)(H,22,23)/t9-,10+/m1/s1. The fourth-order valence-electron chi connectivity index (χ4n) is 2.89. The number of carbonyl (C=O) groups excluding carboxylic acids is 1. The van der Waals surface area contributed by atoms with E-state index in [0.717, 1.165) is 6.20 Å². The number of hydrogen-bond acceptors (Lipinski definition) is 3. The molecular weight excluding hydrogens is 308 g/mol. The second-order valence-corrected chi connectivity index (χ2v) is 6.34. The van der Waals surface area contributed by atoms with Crippen molar-refractivity contribution in [3.8, 4) is 0 Å². The van der Waals surface area contributed by atoms with Crippen molar-refractivity contribution in [2.75, 3.05) is 0 Å². The zero-order valence-corrected chi connectivity index (χ0v) is 13.1. The summed E-state index contributed by atoms with van der Waals surface area (Å²) in [5, 5.41) is 15.5. The van der Waals surface area contributed by atoms with Crippen LogP contribution in [-0.2, 0) is 11.3 Å². The van der Waals surface area contributed by atoms with Gasteiger partial charge in [0.15, 0.2) is 0 Å². The Labute approximate surface area is 132 Å². The van der Waals surface area contributed by atoms with E-state index in [1.807, 2.05) is 13.8 Å². The molecule has 0 aliphatic heterocycles. The van der Waals surface area contributed by atoms with Crippen LogP contribution in [0.15, 0.2) is 6.20 Å². The minimum Gasteiger partial charge on any atom is -0.481 e. The van der Waals surface area contributed by atoms with Gasteiger partial charge in [0.2, 0.25) is 0 Å². The summed E-state index contributed by atoms with van der Waals surface area (Å²) < 4.78 is 27.8. The molecule has 1 fully saturated rings. The molecule has 0 spiro atoms. The van der Waals surface area contributed by atoms with E-state index in [0.29, 0.717) is 25.8 Å². The van der Waals surface area contributed by atoms with E-state index >= 15 is 0 Å². The van der Waals surface area contributed by atoms with E-state index in [1.165, 1.54) is 4.68 Å². The summed E-state index contributed by atoms with van der Waals surface area (Å²) in [6.45, 7) is 4.06. The number of nitrogens with one attached hydrogen (secondary N) is 1. The Morgan fingerprint density at radius 3 is 2.65 bits per heavy atom. The molecule has 2 rings (SSSR count). The lowest BCUT2D eigenvalue weighted by Crippen LogP contribution is -2.34. The monoisotopic (exact) mass is 329 g/mol. The summed E-state index contributed by atoms with van der Waals surface area (Å²) in [7, 11) is 0. The minimum absolute atomic E-state index is 0.120. The maximum atomic E-state index is 13.3. The molecule has 1 aliphatic carbocycles. The first kappa shape index (κ1) is 17.4. The summed E-state index contributed by atoms with van der Waals surface area (Å²) in [6.07, 6.45) is -0.303. The molecule has 1 aromatic heterocycles. The first-order chi connectivity index (χ1) is 10.8. The number of nitrogens with zero attached hydrogens (tertiary/aromatic N) is 2. The van der Waals surface area contributed by atoms with Crippen LogP contribution in [0.2, 0.25) is 0 Å². The number of amides is 1. The number of carboxylic acid groups (broad SMARTS) is 1. The predicted molar refractivity (Wildman–Crippen MR) is 78.3 cm³/mol. The molecule has 0 aromatic carbocycles. The minimum atomic E-state index is -2.80. The van der Waals surface area contributed by atoms with Gasteiger partial charge < -0.3 is 10.4 Å². The molecule has 0 radical (unpaired) electrons. The van der Waals surface area contributed by atoms with E-state index in [2.05, 4.69) is 10.4 Å². The Hall–Kier alpha value is -1.99. The van der Waals surface area contributed by atoms with Gasteiger partial charge in [0.1, 0.15) is 5.69 Å². The number of carboxylic acids is 1. The molecule has 1 aromatic rings. The third kappa shape index (κ3) is 4.05. The van der Waals surface area contributed by atoms with Crippen molar-refractivity contribution in [3.63, 3.8) is 0 Å². The van der Waals surface area contributed by atoms with Crippen molar-refractivity contribution in [2.45, 2.75) is 52.1 Å². The lowest BCUT2D eigenvalue weighted by Gasteiger charge is -2.14. The fraction of sp³-hybridized carbons (Fsp3) is 0.667. The lowest BCUT2D eigenvalue weighted by atomic mass is 10.1. The largest absolute Gasteiger partial charge is 0.481 e. The van der Waals surface area contributed by atoms with Crippen LogP contribution in [0.3, 0.4) is 0 Å². The van der Waals surface area contributed by atoms with Gasteiger partial charge in [-0.2, -0.15) is 5.10 Å².